The molecule has 2 aromatic rings. The molecule has 0 saturated carbocycles. The lowest BCUT2D eigenvalue weighted by Crippen LogP contribution is -2.30. The smallest absolute Gasteiger partial charge is 0.251 e. The number of carbonyl (C=O) groups is 1. The molecule has 6 heteroatoms. The van der Waals surface area contributed by atoms with Crippen molar-refractivity contribution in [3.8, 4) is 0 Å². The van der Waals surface area contributed by atoms with Crippen LogP contribution in [-0.4, -0.2) is 31.7 Å². The van der Waals surface area contributed by atoms with Crippen molar-refractivity contribution in [2.45, 2.75) is 37.6 Å². The molecule has 138 valence electrons. The number of hydrogen-bond donors (Lipinski definition) is 1. The van der Waals surface area contributed by atoms with Gasteiger partial charge >= 0.3 is 0 Å². The number of aryl methyl sites for hydroxylation is 1. The normalized spacial score (nSPS) is 16.4. The Hall–Kier alpha value is -2.18. The van der Waals surface area contributed by atoms with Crippen LogP contribution in [0.25, 0.3) is 0 Å². The Morgan fingerprint density at radius 3 is 2.38 bits per heavy atom. The summed E-state index contributed by atoms with van der Waals surface area (Å²) in [6.45, 7) is 4.76. The van der Waals surface area contributed by atoms with Crippen LogP contribution in [0.15, 0.2) is 53.4 Å². The topological polar surface area (TPSA) is 66.5 Å². The van der Waals surface area contributed by atoms with Gasteiger partial charge in [-0.2, -0.15) is 4.31 Å². The van der Waals surface area contributed by atoms with Gasteiger partial charge < -0.3 is 5.32 Å². The molecule has 1 atom stereocenters. The molecule has 0 unspecified atom stereocenters. The van der Waals surface area contributed by atoms with Crippen LogP contribution in [0.4, 0.5) is 0 Å². The number of amides is 1. The molecule has 26 heavy (non-hydrogen) atoms. The van der Waals surface area contributed by atoms with E-state index < -0.39 is 10.0 Å². The van der Waals surface area contributed by atoms with Crippen LogP contribution >= 0.6 is 0 Å². The van der Waals surface area contributed by atoms with Gasteiger partial charge in [-0.3, -0.25) is 4.79 Å². The third-order valence-electron chi connectivity index (χ3n) is 4.78. The molecule has 1 N–H and O–H groups in total. The minimum atomic E-state index is -3.55. The Kier molecular flexibility index (Phi) is 5.44. The Morgan fingerprint density at radius 2 is 1.73 bits per heavy atom. The SMILES string of the molecule is Cc1ccc(C(=O)N[C@H](C)c2ccccc2)cc1S(=O)(=O)N1CCCC1. The third kappa shape index (κ3) is 3.81. The van der Waals surface area contributed by atoms with E-state index in [9.17, 15) is 13.2 Å². The summed E-state index contributed by atoms with van der Waals surface area (Å²) in [5.74, 6) is -0.278. The minimum absolute atomic E-state index is 0.163. The molecule has 1 fully saturated rings. The number of nitrogens with zero attached hydrogens (tertiary/aromatic N) is 1. The molecule has 2 aromatic carbocycles. The van der Waals surface area contributed by atoms with Crippen molar-refractivity contribution >= 4 is 15.9 Å². The molecule has 0 aliphatic carbocycles. The zero-order chi connectivity index (χ0) is 18.7. The third-order valence-corrected chi connectivity index (χ3v) is 6.82. The Labute approximate surface area is 155 Å². The van der Waals surface area contributed by atoms with E-state index in [1.165, 1.54) is 10.4 Å². The van der Waals surface area contributed by atoms with E-state index in [-0.39, 0.29) is 16.8 Å². The fourth-order valence-corrected chi connectivity index (χ4v) is 4.96. The van der Waals surface area contributed by atoms with Gasteiger partial charge in [-0.05, 0) is 49.9 Å². The van der Waals surface area contributed by atoms with Gasteiger partial charge in [-0.25, -0.2) is 8.42 Å². The van der Waals surface area contributed by atoms with E-state index in [2.05, 4.69) is 5.32 Å². The van der Waals surface area contributed by atoms with Gasteiger partial charge in [0.2, 0.25) is 10.0 Å². The average Bonchev–Trinajstić information content (AvgIpc) is 3.18. The maximum absolute atomic E-state index is 12.9. The predicted octanol–water partition coefficient (Wildman–Crippen LogP) is 3.27. The lowest BCUT2D eigenvalue weighted by atomic mass is 10.1. The van der Waals surface area contributed by atoms with Crippen LogP contribution in [0.2, 0.25) is 0 Å². The number of carbonyl (C=O) groups excluding carboxylic acids is 1. The summed E-state index contributed by atoms with van der Waals surface area (Å²) in [4.78, 5) is 12.8. The lowest BCUT2D eigenvalue weighted by molar-refractivity contribution is 0.0939. The lowest BCUT2D eigenvalue weighted by Gasteiger charge is -2.18. The highest BCUT2D eigenvalue weighted by Gasteiger charge is 2.29. The van der Waals surface area contributed by atoms with Crippen LogP contribution in [0.3, 0.4) is 0 Å². The van der Waals surface area contributed by atoms with Crippen LogP contribution in [0, 0.1) is 6.92 Å². The number of hydrogen-bond acceptors (Lipinski definition) is 3. The zero-order valence-corrected chi connectivity index (χ0v) is 15.9. The molecule has 3 rings (SSSR count). The molecule has 0 radical (unpaired) electrons. The van der Waals surface area contributed by atoms with E-state index in [0.29, 0.717) is 24.2 Å². The molecule has 1 saturated heterocycles. The van der Waals surface area contributed by atoms with Crippen LogP contribution < -0.4 is 5.32 Å². The van der Waals surface area contributed by atoms with Gasteiger partial charge in [-0.15, -0.1) is 0 Å². The first-order valence-electron chi connectivity index (χ1n) is 8.86. The summed E-state index contributed by atoms with van der Waals surface area (Å²) in [5, 5.41) is 2.93. The Bertz CT molecular complexity index is 889. The molecule has 0 aromatic heterocycles. The van der Waals surface area contributed by atoms with Gasteiger partial charge in [0.25, 0.3) is 5.91 Å². The van der Waals surface area contributed by atoms with Gasteiger partial charge in [0.05, 0.1) is 10.9 Å². The predicted molar refractivity (Wildman–Crippen MR) is 101 cm³/mol. The number of benzene rings is 2. The first kappa shape index (κ1) is 18.6. The fraction of sp³-hybridized carbons (Fsp3) is 0.350. The molecule has 0 bridgehead atoms. The van der Waals surface area contributed by atoms with E-state index >= 15 is 0 Å². The van der Waals surface area contributed by atoms with Gasteiger partial charge in [0, 0.05) is 18.7 Å². The number of rotatable bonds is 5. The van der Waals surface area contributed by atoms with Crippen molar-refractivity contribution in [3.63, 3.8) is 0 Å². The van der Waals surface area contributed by atoms with Crippen LogP contribution in [-0.2, 0) is 10.0 Å². The van der Waals surface area contributed by atoms with Gasteiger partial charge in [0.1, 0.15) is 0 Å². The first-order chi connectivity index (χ1) is 12.4. The summed E-state index contributed by atoms with van der Waals surface area (Å²) in [6.07, 6.45) is 1.76. The first-order valence-corrected chi connectivity index (χ1v) is 10.3. The van der Waals surface area contributed by atoms with Crippen LogP contribution in [0.1, 0.15) is 47.3 Å². The molecule has 0 spiro atoms. The minimum Gasteiger partial charge on any atom is -0.346 e. The second-order valence-electron chi connectivity index (χ2n) is 6.70. The summed E-state index contributed by atoms with van der Waals surface area (Å²) in [5.41, 5.74) is 2.01. The molecule has 1 heterocycles. The quantitative estimate of drug-likeness (QED) is 0.876. The largest absolute Gasteiger partial charge is 0.346 e. The van der Waals surface area contributed by atoms with Crippen molar-refractivity contribution in [2.24, 2.45) is 0 Å². The molecule has 1 aliphatic rings. The number of nitrogens with one attached hydrogen (secondary N) is 1. The molecular formula is C20H24N2O3S. The maximum Gasteiger partial charge on any atom is 0.251 e. The van der Waals surface area contributed by atoms with Crippen molar-refractivity contribution in [3.05, 3.63) is 65.2 Å². The fourth-order valence-electron chi connectivity index (χ4n) is 3.19. The summed E-state index contributed by atoms with van der Waals surface area (Å²) < 4.78 is 27.2. The van der Waals surface area contributed by atoms with Crippen molar-refractivity contribution < 1.29 is 13.2 Å². The Morgan fingerprint density at radius 1 is 1.08 bits per heavy atom. The zero-order valence-electron chi connectivity index (χ0n) is 15.1. The molecule has 1 aliphatic heterocycles. The summed E-state index contributed by atoms with van der Waals surface area (Å²) in [7, 11) is -3.55. The van der Waals surface area contributed by atoms with Crippen molar-refractivity contribution in [1.29, 1.82) is 0 Å². The van der Waals surface area contributed by atoms with E-state index in [4.69, 9.17) is 0 Å². The average molecular weight is 372 g/mol. The summed E-state index contributed by atoms with van der Waals surface area (Å²) in [6, 6.07) is 14.4. The Balaban J connectivity index is 1.84. The van der Waals surface area contributed by atoms with Crippen molar-refractivity contribution in [1.82, 2.24) is 9.62 Å². The van der Waals surface area contributed by atoms with Gasteiger partial charge in [0.15, 0.2) is 0 Å². The van der Waals surface area contributed by atoms with Crippen LogP contribution in [0.5, 0.6) is 0 Å². The monoisotopic (exact) mass is 372 g/mol. The molecule has 1 amide bonds. The van der Waals surface area contributed by atoms with Gasteiger partial charge in [-0.1, -0.05) is 36.4 Å². The number of sulfonamides is 1. The summed E-state index contributed by atoms with van der Waals surface area (Å²) >= 11 is 0. The second kappa shape index (κ2) is 7.60. The maximum atomic E-state index is 12.9. The van der Waals surface area contributed by atoms with E-state index in [1.807, 2.05) is 37.3 Å². The van der Waals surface area contributed by atoms with E-state index in [1.54, 1.807) is 19.1 Å². The van der Waals surface area contributed by atoms with E-state index in [0.717, 1.165) is 18.4 Å². The molecular weight excluding hydrogens is 348 g/mol. The standard InChI is InChI=1S/C20H24N2O3S/c1-15-10-11-18(14-19(15)26(24,25)22-12-6-7-13-22)20(23)21-16(2)17-8-4-3-5-9-17/h3-5,8-11,14,16H,6-7,12-13H2,1-2H3,(H,21,23)/t16-/m1/s1. The highest BCUT2D eigenvalue weighted by Crippen LogP contribution is 2.25. The molecule has 5 nitrogen and oxygen atoms in total. The highest BCUT2D eigenvalue weighted by atomic mass is 32.2. The second-order valence-corrected chi connectivity index (χ2v) is 8.60. The van der Waals surface area contributed by atoms with Crippen molar-refractivity contribution in [2.75, 3.05) is 13.1 Å². The highest BCUT2D eigenvalue weighted by molar-refractivity contribution is 7.89.